The second kappa shape index (κ2) is 5.95. The van der Waals surface area contributed by atoms with Crippen molar-refractivity contribution in [1.29, 1.82) is 0 Å². The summed E-state index contributed by atoms with van der Waals surface area (Å²) >= 11 is 1.23. The van der Waals surface area contributed by atoms with Gasteiger partial charge in [-0.1, -0.05) is 18.7 Å². The standard InChI is InChI=1S/C6H12NOS/c1-3-5-9-6(8)7-4-2/h5H,3-4H2,1-2H3,(H,7,8). The zero-order chi connectivity index (χ0) is 7.11. The average Bonchev–Trinajstić information content (AvgIpc) is 1.85. The summed E-state index contributed by atoms with van der Waals surface area (Å²) in [6.07, 6.45) is 0.932. The van der Waals surface area contributed by atoms with Crippen LogP contribution in [-0.4, -0.2) is 11.8 Å². The number of hydrogen-bond acceptors (Lipinski definition) is 2. The Morgan fingerprint density at radius 2 is 2.33 bits per heavy atom. The number of thioether (sulfide) groups is 1. The van der Waals surface area contributed by atoms with Crippen LogP contribution >= 0.6 is 11.8 Å². The first-order valence-corrected chi connectivity index (χ1v) is 3.95. The molecule has 0 aromatic heterocycles. The maximum Gasteiger partial charge on any atom is 0.279 e. The molecule has 0 saturated heterocycles. The molecular weight excluding hydrogens is 134 g/mol. The van der Waals surface area contributed by atoms with E-state index in [1.807, 2.05) is 19.6 Å². The van der Waals surface area contributed by atoms with Crippen LogP contribution in [0.15, 0.2) is 0 Å². The fraction of sp³-hybridized carbons (Fsp3) is 0.667. The molecule has 1 amide bonds. The Hall–Kier alpha value is -0.180. The summed E-state index contributed by atoms with van der Waals surface area (Å²) in [5.41, 5.74) is 0. The molecule has 0 spiro atoms. The lowest BCUT2D eigenvalue weighted by atomic mass is 10.6. The van der Waals surface area contributed by atoms with E-state index in [0.717, 1.165) is 6.42 Å². The Labute approximate surface area is 60.4 Å². The monoisotopic (exact) mass is 146 g/mol. The van der Waals surface area contributed by atoms with E-state index in [4.69, 9.17) is 0 Å². The lowest BCUT2D eigenvalue weighted by Crippen LogP contribution is -2.16. The Morgan fingerprint density at radius 1 is 1.67 bits per heavy atom. The van der Waals surface area contributed by atoms with Gasteiger partial charge in [0.2, 0.25) is 0 Å². The third-order valence-electron chi connectivity index (χ3n) is 0.678. The first kappa shape index (κ1) is 8.82. The predicted octanol–water partition coefficient (Wildman–Crippen LogP) is 2.02. The van der Waals surface area contributed by atoms with Gasteiger partial charge in [0.05, 0.1) is 0 Å². The van der Waals surface area contributed by atoms with Gasteiger partial charge in [-0.3, -0.25) is 4.79 Å². The smallest absolute Gasteiger partial charge is 0.279 e. The fourth-order valence-corrected chi connectivity index (χ4v) is 0.891. The van der Waals surface area contributed by atoms with E-state index in [2.05, 4.69) is 5.32 Å². The molecule has 0 heterocycles. The quantitative estimate of drug-likeness (QED) is 0.660. The van der Waals surface area contributed by atoms with Crippen LogP contribution in [0.3, 0.4) is 0 Å². The van der Waals surface area contributed by atoms with Crippen LogP contribution < -0.4 is 5.32 Å². The van der Waals surface area contributed by atoms with Crippen molar-refractivity contribution in [2.45, 2.75) is 20.3 Å². The third-order valence-corrected chi connectivity index (χ3v) is 1.54. The van der Waals surface area contributed by atoms with E-state index in [0.29, 0.717) is 6.54 Å². The molecule has 53 valence electrons. The van der Waals surface area contributed by atoms with Crippen molar-refractivity contribution in [2.24, 2.45) is 0 Å². The van der Waals surface area contributed by atoms with Gasteiger partial charge in [-0.05, 0) is 13.3 Å². The zero-order valence-corrected chi connectivity index (χ0v) is 6.62. The van der Waals surface area contributed by atoms with Crippen LogP contribution in [-0.2, 0) is 0 Å². The highest BCUT2D eigenvalue weighted by Crippen LogP contribution is 2.07. The topological polar surface area (TPSA) is 29.1 Å². The third kappa shape index (κ3) is 5.69. The SMILES string of the molecule is CC[CH]SC(=O)NCC. The van der Waals surface area contributed by atoms with Crippen LogP contribution in [0.2, 0.25) is 0 Å². The second-order valence-corrected chi connectivity index (χ2v) is 2.45. The van der Waals surface area contributed by atoms with Gasteiger partial charge < -0.3 is 5.32 Å². The first-order chi connectivity index (χ1) is 4.31. The van der Waals surface area contributed by atoms with Crippen molar-refractivity contribution in [3.05, 3.63) is 5.75 Å². The summed E-state index contributed by atoms with van der Waals surface area (Å²) in [6.45, 7) is 4.63. The van der Waals surface area contributed by atoms with Crippen molar-refractivity contribution in [3.8, 4) is 0 Å². The highest BCUT2D eigenvalue weighted by Gasteiger charge is 1.96. The minimum atomic E-state index is 0.0411. The first-order valence-electron chi connectivity index (χ1n) is 3.07. The molecule has 0 aromatic rings. The van der Waals surface area contributed by atoms with E-state index in [9.17, 15) is 4.79 Å². The van der Waals surface area contributed by atoms with Crippen LogP contribution in [0.5, 0.6) is 0 Å². The lowest BCUT2D eigenvalue weighted by Gasteiger charge is -1.97. The average molecular weight is 146 g/mol. The van der Waals surface area contributed by atoms with Gasteiger partial charge in [-0.2, -0.15) is 0 Å². The molecule has 0 unspecified atom stereocenters. The predicted molar refractivity (Wildman–Crippen MR) is 41.3 cm³/mol. The summed E-state index contributed by atoms with van der Waals surface area (Å²) in [5, 5.41) is 2.71. The molecule has 0 fully saturated rings. The molecule has 2 nitrogen and oxygen atoms in total. The Morgan fingerprint density at radius 3 is 2.78 bits per heavy atom. The van der Waals surface area contributed by atoms with Gasteiger partial charge >= 0.3 is 0 Å². The van der Waals surface area contributed by atoms with E-state index in [1.165, 1.54) is 11.8 Å². The number of hydrogen-bond donors (Lipinski definition) is 1. The zero-order valence-electron chi connectivity index (χ0n) is 5.81. The molecule has 9 heavy (non-hydrogen) atoms. The number of carbonyl (C=O) groups excluding carboxylic acids is 1. The normalized spacial score (nSPS) is 9.11. The molecule has 0 aliphatic heterocycles. The highest BCUT2D eigenvalue weighted by atomic mass is 32.2. The minimum Gasteiger partial charge on any atom is -0.347 e. The molecule has 3 heteroatoms. The molecule has 0 aliphatic carbocycles. The van der Waals surface area contributed by atoms with E-state index in [-0.39, 0.29) is 5.24 Å². The summed E-state index contributed by atoms with van der Waals surface area (Å²) < 4.78 is 0. The van der Waals surface area contributed by atoms with Gasteiger partial charge in [-0.15, -0.1) is 0 Å². The Balaban J connectivity index is 3.06. The van der Waals surface area contributed by atoms with Crippen LogP contribution in [0.1, 0.15) is 20.3 Å². The summed E-state index contributed by atoms with van der Waals surface area (Å²) in [5.74, 6) is 1.88. The summed E-state index contributed by atoms with van der Waals surface area (Å²) in [7, 11) is 0. The number of nitrogens with one attached hydrogen (secondary N) is 1. The van der Waals surface area contributed by atoms with Gasteiger partial charge in [0.25, 0.3) is 5.24 Å². The summed E-state index contributed by atoms with van der Waals surface area (Å²) in [4.78, 5) is 10.6. The van der Waals surface area contributed by atoms with Crippen LogP contribution in [0, 0.1) is 5.75 Å². The second-order valence-electron chi connectivity index (χ2n) is 1.51. The van der Waals surface area contributed by atoms with Gasteiger partial charge in [0, 0.05) is 12.3 Å². The van der Waals surface area contributed by atoms with E-state index >= 15 is 0 Å². The van der Waals surface area contributed by atoms with Crippen molar-refractivity contribution in [3.63, 3.8) is 0 Å². The van der Waals surface area contributed by atoms with Gasteiger partial charge in [0.1, 0.15) is 0 Å². The molecular formula is C6H12NOS. The van der Waals surface area contributed by atoms with Crippen molar-refractivity contribution >= 4 is 17.0 Å². The number of rotatable bonds is 3. The Bertz CT molecular complexity index is 85.1. The van der Waals surface area contributed by atoms with E-state index in [1.54, 1.807) is 0 Å². The molecule has 1 N–H and O–H groups in total. The molecule has 0 bridgehead atoms. The molecule has 0 saturated carbocycles. The number of carbonyl (C=O) groups is 1. The fourth-order valence-electron chi connectivity index (χ4n) is 0.345. The van der Waals surface area contributed by atoms with E-state index < -0.39 is 0 Å². The molecule has 0 rings (SSSR count). The largest absolute Gasteiger partial charge is 0.347 e. The highest BCUT2D eigenvalue weighted by molar-refractivity contribution is 8.15. The summed E-state index contributed by atoms with van der Waals surface area (Å²) in [6, 6.07) is 0. The minimum absolute atomic E-state index is 0.0411. The lowest BCUT2D eigenvalue weighted by molar-refractivity contribution is 0.261. The maximum atomic E-state index is 10.6. The van der Waals surface area contributed by atoms with Crippen molar-refractivity contribution in [1.82, 2.24) is 5.32 Å². The molecule has 1 radical (unpaired) electrons. The molecule has 0 aromatic carbocycles. The van der Waals surface area contributed by atoms with Crippen LogP contribution in [0.4, 0.5) is 4.79 Å². The van der Waals surface area contributed by atoms with Crippen molar-refractivity contribution in [2.75, 3.05) is 6.54 Å². The van der Waals surface area contributed by atoms with Gasteiger partial charge in [0.15, 0.2) is 0 Å². The molecule has 0 aliphatic rings. The van der Waals surface area contributed by atoms with Gasteiger partial charge in [-0.25, -0.2) is 0 Å². The number of amides is 1. The van der Waals surface area contributed by atoms with Crippen LogP contribution in [0.25, 0.3) is 0 Å². The molecule has 0 atom stereocenters. The maximum absolute atomic E-state index is 10.6. The van der Waals surface area contributed by atoms with Crippen molar-refractivity contribution < 1.29 is 4.79 Å². The Kier molecular flexibility index (Phi) is 5.83.